The molecule has 3 N–H and O–H groups in total. The molecule has 0 bridgehead atoms. The molecule has 0 radical (unpaired) electrons. The number of carbonyl (C=O) groups excluding carboxylic acids is 1. The molecule has 1 aromatic carbocycles. The topological polar surface area (TPSA) is 126 Å². The van der Waals surface area contributed by atoms with Crippen molar-refractivity contribution in [3.05, 3.63) is 53.5 Å². The number of fused-ring (bicyclic) bond motifs is 1. The Balaban J connectivity index is 1.58. The molecule has 0 saturated carbocycles. The Bertz CT molecular complexity index is 1200. The molecule has 0 spiro atoms. The maximum absolute atomic E-state index is 13.1. The SMILES string of the molecule is Cc1ccc(S(=O)(=O)n2cc(C)c3nc(CNC(=O)[C@H]4C[C@@H](O)CN4)cnc32)cc1. The Labute approximate surface area is 174 Å². The lowest BCUT2D eigenvalue weighted by Gasteiger charge is -2.11. The number of rotatable bonds is 5. The average Bonchev–Trinajstić information content (AvgIpc) is 3.30. The van der Waals surface area contributed by atoms with Gasteiger partial charge in [0.2, 0.25) is 5.91 Å². The van der Waals surface area contributed by atoms with Crippen LogP contribution in [-0.4, -0.2) is 52.1 Å². The van der Waals surface area contributed by atoms with Crippen molar-refractivity contribution in [2.45, 2.75) is 43.9 Å². The second-order valence-electron chi connectivity index (χ2n) is 7.53. The van der Waals surface area contributed by atoms with Crippen LogP contribution >= 0.6 is 0 Å². The van der Waals surface area contributed by atoms with E-state index in [0.29, 0.717) is 29.7 Å². The van der Waals surface area contributed by atoms with Crippen molar-refractivity contribution in [2.24, 2.45) is 0 Å². The second-order valence-corrected chi connectivity index (χ2v) is 9.34. The molecule has 1 saturated heterocycles. The smallest absolute Gasteiger partial charge is 0.269 e. The molecule has 1 fully saturated rings. The number of hydrogen-bond acceptors (Lipinski definition) is 7. The summed E-state index contributed by atoms with van der Waals surface area (Å²) >= 11 is 0. The summed E-state index contributed by atoms with van der Waals surface area (Å²) in [6.07, 6.45) is 2.82. The summed E-state index contributed by atoms with van der Waals surface area (Å²) < 4.78 is 27.3. The first kappa shape index (κ1) is 20.5. The van der Waals surface area contributed by atoms with E-state index in [1.807, 2.05) is 6.92 Å². The van der Waals surface area contributed by atoms with E-state index in [2.05, 4.69) is 20.6 Å². The van der Waals surface area contributed by atoms with Crippen LogP contribution in [0.1, 0.15) is 23.2 Å². The first-order valence-corrected chi connectivity index (χ1v) is 11.0. The molecule has 1 aliphatic rings. The van der Waals surface area contributed by atoms with Gasteiger partial charge in [-0.1, -0.05) is 17.7 Å². The number of benzene rings is 1. The van der Waals surface area contributed by atoms with Gasteiger partial charge in [-0.25, -0.2) is 22.4 Å². The zero-order chi connectivity index (χ0) is 21.5. The number of nitrogens with zero attached hydrogens (tertiary/aromatic N) is 3. The van der Waals surface area contributed by atoms with Gasteiger partial charge in [0.25, 0.3) is 10.0 Å². The Hall–Kier alpha value is -2.82. The van der Waals surface area contributed by atoms with Crippen LogP contribution in [0.5, 0.6) is 0 Å². The van der Waals surface area contributed by atoms with Gasteiger partial charge in [0.05, 0.1) is 35.5 Å². The lowest BCUT2D eigenvalue weighted by molar-refractivity contribution is -0.123. The number of aliphatic hydroxyl groups is 1. The number of hydrogen-bond donors (Lipinski definition) is 3. The van der Waals surface area contributed by atoms with E-state index in [-0.39, 0.29) is 23.0 Å². The summed E-state index contributed by atoms with van der Waals surface area (Å²) in [6.45, 7) is 4.21. The van der Waals surface area contributed by atoms with E-state index in [1.54, 1.807) is 31.2 Å². The highest BCUT2D eigenvalue weighted by molar-refractivity contribution is 7.90. The summed E-state index contributed by atoms with van der Waals surface area (Å²) in [7, 11) is -3.80. The van der Waals surface area contributed by atoms with Gasteiger partial charge in [-0.2, -0.15) is 0 Å². The predicted octanol–water partition coefficient (Wildman–Crippen LogP) is 0.624. The summed E-state index contributed by atoms with van der Waals surface area (Å²) in [5, 5.41) is 15.3. The van der Waals surface area contributed by atoms with E-state index < -0.39 is 22.2 Å². The zero-order valence-corrected chi connectivity index (χ0v) is 17.5. The summed E-state index contributed by atoms with van der Waals surface area (Å²) in [5.74, 6) is -0.218. The lowest BCUT2D eigenvalue weighted by atomic mass is 10.2. The zero-order valence-electron chi connectivity index (χ0n) is 16.7. The molecular formula is C20H23N5O4S. The van der Waals surface area contributed by atoms with Gasteiger partial charge in [-0.3, -0.25) is 4.79 Å². The van der Waals surface area contributed by atoms with Crippen molar-refractivity contribution in [2.75, 3.05) is 6.54 Å². The minimum atomic E-state index is -3.80. The number of aliphatic hydroxyl groups excluding tert-OH is 1. The Morgan fingerprint density at radius 3 is 2.70 bits per heavy atom. The molecule has 2 atom stereocenters. The number of aryl methyl sites for hydroxylation is 2. The van der Waals surface area contributed by atoms with E-state index in [0.717, 1.165) is 9.54 Å². The molecule has 3 heterocycles. The van der Waals surface area contributed by atoms with Crippen molar-refractivity contribution >= 4 is 27.1 Å². The van der Waals surface area contributed by atoms with Crippen LogP contribution in [0.15, 0.2) is 41.6 Å². The highest BCUT2D eigenvalue weighted by Gasteiger charge is 2.28. The fourth-order valence-electron chi connectivity index (χ4n) is 3.45. The van der Waals surface area contributed by atoms with Crippen LogP contribution in [0.2, 0.25) is 0 Å². The summed E-state index contributed by atoms with van der Waals surface area (Å²) in [6, 6.07) is 6.19. The van der Waals surface area contributed by atoms with Crippen LogP contribution in [0, 0.1) is 13.8 Å². The fourth-order valence-corrected chi connectivity index (χ4v) is 4.82. The molecule has 9 nitrogen and oxygen atoms in total. The minimum Gasteiger partial charge on any atom is -0.392 e. The van der Waals surface area contributed by atoms with Gasteiger partial charge in [0.15, 0.2) is 5.65 Å². The normalized spacial score (nSPS) is 19.3. The molecule has 1 aliphatic heterocycles. The molecular weight excluding hydrogens is 406 g/mol. The molecule has 1 amide bonds. The number of nitrogens with one attached hydrogen (secondary N) is 2. The largest absolute Gasteiger partial charge is 0.392 e. The van der Waals surface area contributed by atoms with Gasteiger partial charge >= 0.3 is 0 Å². The maximum Gasteiger partial charge on any atom is 0.269 e. The van der Waals surface area contributed by atoms with Gasteiger partial charge in [-0.05, 0) is 38.0 Å². The van der Waals surface area contributed by atoms with Crippen molar-refractivity contribution < 1.29 is 18.3 Å². The number of amides is 1. The Morgan fingerprint density at radius 1 is 1.30 bits per heavy atom. The van der Waals surface area contributed by atoms with Gasteiger partial charge in [-0.15, -0.1) is 0 Å². The number of β-amino-alcohol motifs (C(OH)–C–C–N with tert-alkyl or cyclic N) is 1. The maximum atomic E-state index is 13.1. The Morgan fingerprint density at radius 2 is 2.03 bits per heavy atom. The van der Waals surface area contributed by atoms with Crippen molar-refractivity contribution in [1.82, 2.24) is 24.6 Å². The predicted molar refractivity (Wildman–Crippen MR) is 110 cm³/mol. The number of aromatic nitrogens is 3. The van der Waals surface area contributed by atoms with Crippen LogP contribution in [0.3, 0.4) is 0 Å². The third-order valence-corrected chi connectivity index (χ3v) is 6.81. The van der Waals surface area contributed by atoms with E-state index in [9.17, 15) is 18.3 Å². The molecule has 158 valence electrons. The molecule has 2 aromatic heterocycles. The van der Waals surface area contributed by atoms with Gasteiger partial charge < -0.3 is 15.7 Å². The van der Waals surface area contributed by atoms with Crippen molar-refractivity contribution in [3.63, 3.8) is 0 Å². The monoisotopic (exact) mass is 429 g/mol. The highest BCUT2D eigenvalue weighted by atomic mass is 32.2. The first-order valence-electron chi connectivity index (χ1n) is 9.60. The van der Waals surface area contributed by atoms with E-state index >= 15 is 0 Å². The van der Waals surface area contributed by atoms with Crippen LogP contribution in [-0.2, 0) is 21.4 Å². The molecule has 4 rings (SSSR count). The molecule has 30 heavy (non-hydrogen) atoms. The third-order valence-electron chi connectivity index (χ3n) is 5.14. The lowest BCUT2D eigenvalue weighted by Crippen LogP contribution is -2.40. The summed E-state index contributed by atoms with van der Waals surface area (Å²) in [4.78, 5) is 21.2. The molecule has 0 aliphatic carbocycles. The number of carbonyl (C=O) groups is 1. The van der Waals surface area contributed by atoms with Crippen molar-refractivity contribution in [3.8, 4) is 0 Å². The second kappa shape index (κ2) is 7.78. The standard InChI is InChI=1S/C20H23N5O4S/c1-12-3-5-16(6-4-12)30(28,29)25-11-13(2)18-19(25)22-8-14(24-18)9-23-20(27)17-7-15(26)10-21-17/h3-6,8,11,15,17,21,26H,7,9-10H2,1-2H3,(H,23,27)/t15-,17-/m1/s1. The van der Waals surface area contributed by atoms with Crippen molar-refractivity contribution in [1.29, 1.82) is 0 Å². The highest BCUT2D eigenvalue weighted by Crippen LogP contribution is 2.23. The van der Waals surface area contributed by atoms with Gasteiger partial charge in [0, 0.05) is 12.7 Å². The van der Waals surface area contributed by atoms with E-state index in [4.69, 9.17) is 0 Å². The van der Waals surface area contributed by atoms with E-state index in [1.165, 1.54) is 12.4 Å². The molecule has 10 heteroatoms. The van der Waals surface area contributed by atoms with Crippen LogP contribution < -0.4 is 10.6 Å². The van der Waals surface area contributed by atoms with Crippen LogP contribution in [0.4, 0.5) is 0 Å². The first-order chi connectivity index (χ1) is 14.3. The molecule has 0 unspecified atom stereocenters. The average molecular weight is 430 g/mol. The quantitative estimate of drug-likeness (QED) is 0.543. The summed E-state index contributed by atoms with van der Waals surface area (Å²) in [5.41, 5.74) is 2.86. The van der Waals surface area contributed by atoms with Gasteiger partial charge in [0.1, 0.15) is 5.52 Å². The third kappa shape index (κ3) is 3.81. The Kier molecular flexibility index (Phi) is 5.31. The van der Waals surface area contributed by atoms with Crippen LogP contribution in [0.25, 0.3) is 11.2 Å². The minimum absolute atomic E-state index is 0.158. The fraction of sp³-hybridized carbons (Fsp3) is 0.350. The molecule has 3 aromatic rings.